The largest absolute Gasteiger partial charge is 0.273 e. The summed E-state index contributed by atoms with van der Waals surface area (Å²) in [7, 11) is -3.72. The van der Waals surface area contributed by atoms with E-state index < -0.39 is 10.0 Å². The third kappa shape index (κ3) is 5.15. The molecular weight excluding hydrogens is 378 g/mol. The van der Waals surface area contributed by atoms with Crippen molar-refractivity contribution in [3.63, 3.8) is 0 Å². The van der Waals surface area contributed by atoms with E-state index in [-0.39, 0.29) is 10.9 Å². The highest BCUT2D eigenvalue weighted by Crippen LogP contribution is 2.29. The van der Waals surface area contributed by atoms with E-state index in [0.717, 1.165) is 12.0 Å². The number of hydrogen-bond donors (Lipinski definition) is 2. The Morgan fingerprint density at radius 1 is 1.11 bits per heavy atom. The molecule has 0 fully saturated rings. The van der Waals surface area contributed by atoms with Crippen LogP contribution in [0.15, 0.2) is 65.0 Å². The Kier molecular flexibility index (Phi) is 5.94. The maximum atomic E-state index is 11.4. The van der Waals surface area contributed by atoms with Crippen LogP contribution in [0.2, 0.25) is 0 Å². The number of H-pyrrole nitrogens is 1. The molecule has 3 aromatic rings. The molecule has 2 heterocycles. The molecule has 7 heteroatoms. The lowest BCUT2D eigenvalue weighted by Crippen LogP contribution is -2.21. The van der Waals surface area contributed by atoms with Gasteiger partial charge in [0.1, 0.15) is 11.1 Å². The monoisotopic (exact) mass is 402 g/mol. The van der Waals surface area contributed by atoms with Gasteiger partial charge in [0.2, 0.25) is 10.0 Å². The van der Waals surface area contributed by atoms with Crippen LogP contribution < -0.4 is 15.4 Å². The van der Waals surface area contributed by atoms with Gasteiger partial charge in [-0.05, 0) is 35.4 Å². The van der Waals surface area contributed by atoms with E-state index in [1.54, 1.807) is 17.4 Å². The number of nitrogens with one attached hydrogen (secondary N) is 2. The fraction of sp³-hybridized carbons (Fsp3) is 0.250. The maximum absolute atomic E-state index is 11.4. The van der Waals surface area contributed by atoms with E-state index in [0.29, 0.717) is 11.7 Å². The molecule has 0 unspecified atom stereocenters. The predicted octanol–water partition coefficient (Wildman–Crippen LogP) is 3.61. The van der Waals surface area contributed by atoms with Crippen LogP contribution in [-0.2, 0) is 16.4 Å². The van der Waals surface area contributed by atoms with Crippen LogP contribution in [0, 0.1) is 5.92 Å². The van der Waals surface area contributed by atoms with E-state index in [9.17, 15) is 8.42 Å². The first-order valence-corrected chi connectivity index (χ1v) is 11.2. The molecule has 0 bridgehead atoms. The summed E-state index contributed by atoms with van der Waals surface area (Å²) in [5.41, 5.74) is 2.47. The van der Waals surface area contributed by atoms with Crippen molar-refractivity contribution in [1.82, 2.24) is 0 Å². The van der Waals surface area contributed by atoms with Crippen molar-refractivity contribution in [1.29, 1.82) is 0 Å². The summed E-state index contributed by atoms with van der Waals surface area (Å²) in [5.74, 6) is 1.33. The van der Waals surface area contributed by atoms with Crippen molar-refractivity contribution in [2.45, 2.75) is 31.2 Å². The van der Waals surface area contributed by atoms with Gasteiger partial charge >= 0.3 is 0 Å². The molecule has 27 heavy (non-hydrogen) atoms. The van der Waals surface area contributed by atoms with Crippen LogP contribution in [0.4, 0.5) is 5.82 Å². The number of primary sulfonamides is 1. The molecular formula is C20H24N3O2S2+. The van der Waals surface area contributed by atoms with E-state index in [4.69, 9.17) is 5.14 Å². The number of hydrogen-bond acceptors (Lipinski definition) is 4. The Bertz CT molecular complexity index is 965. The number of anilines is 1. The normalized spacial score (nSPS) is 12.9. The van der Waals surface area contributed by atoms with Gasteiger partial charge < -0.3 is 0 Å². The number of thiophene rings is 1. The minimum Gasteiger partial charge on any atom is -0.262 e. The average molecular weight is 403 g/mol. The molecule has 0 saturated heterocycles. The lowest BCUT2D eigenvalue weighted by atomic mass is 9.99. The van der Waals surface area contributed by atoms with Crippen molar-refractivity contribution in [3.05, 3.63) is 76.1 Å². The maximum Gasteiger partial charge on any atom is 0.273 e. The van der Waals surface area contributed by atoms with Crippen LogP contribution in [0.5, 0.6) is 0 Å². The van der Waals surface area contributed by atoms with Crippen LogP contribution in [0.25, 0.3) is 0 Å². The molecule has 0 aliphatic carbocycles. The first kappa shape index (κ1) is 19.5. The highest BCUT2D eigenvalue weighted by Gasteiger charge is 2.21. The molecule has 1 aromatic carbocycles. The summed E-state index contributed by atoms with van der Waals surface area (Å²) in [5, 5.41) is 10.7. The van der Waals surface area contributed by atoms with E-state index in [1.165, 1.54) is 22.7 Å². The van der Waals surface area contributed by atoms with Crippen molar-refractivity contribution in [2.75, 3.05) is 5.32 Å². The smallest absolute Gasteiger partial charge is 0.262 e. The van der Waals surface area contributed by atoms with Gasteiger partial charge in [0.25, 0.3) is 5.82 Å². The van der Waals surface area contributed by atoms with Gasteiger partial charge in [-0.2, -0.15) is 0 Å². The third-order valence-corrected chi connectivity index (χ3v) is 6.05. The minimum atomic E-state index is -3.72. The van der Waals surface area contributed by atoms with Gasteiger partial charge in [-0.1, -0.05) is 44.2 Å². The van der Waals surface area contributed by atoms with Crippen molar-refractivity contribution < 1.29 is 13.4 Å². The molecule has 0 saturated carbocycles. The standard InChI is InChI=1S/C20H23N3O2S2/c1-14(2)12-15-5-7-16(8-6-15)20(18-4-3-11-26-18)23-19-10-9-17(13-22-19)27(21,24)25/h3-11,13-14,20H,12H2,1-2H3,(H,22,23)(H2,21,24,25)/p+1/t20-/m0/s1. The zero-order valence-electron chi connectivity index (χ0n) is 15.3. The Balaban J connectivity index is 1.86. The van der Waals surface area contributed by atoms with Crippen molar-refractivity contribution >= 4 is 27.2 Å². The number of nitrogens with two attached hydrogens (primary N) is 1. The third-order valence-electron chi connectivity index (χ3n) is 4.20. The zero-order valence-corrected chi connectivity index (χ0v) is 17.0. The number of aromatic amines is 1. The van der Waals surface area contributed by atoms with Gasteiger partial charge in [-0.3, -0.25) is 5.32 Å². The quantitative estimate of drug-likeness (QED) is 0.633. The number of sulfonamides is 1. The van der Waals surface area contributed by atoms with Crippen molar-refractivity contribution in [2.24, 2.45) is 11.1 Å². The minimum absolute atomic E-state index is 0.0327. The fourth-order valence-electron chi connectivity index (χ4n) is 2.92. The first-order chi connectivity index (χ1) is 12.8. The molecule has 2 aromatic heterocycles. The highest BCUT2D eigenvalue weighted by molar-refractivity contribution is 7.89. The Morgan fingerprint density at radius 3 is 2.37 bits per heavy atom. The summed E-state index contributed by atoms with van der Waals surface area (Å²) < 4.78 is 22.8. The molecule has 142 valence electrons. The van der Waals surface area contributed by atoms with E-state index in [2.05, 4.69) is 54.5 Å². The van der Waals surface area contributed by atoms with Gasteiger partial charge in [-0.25, -0.2) is 18.5 Å². The molecule has 5 nitrogen and oxygen atoms in total. The Hall–Kier alpha value is -2.22. The molecule has 3 rings (SSSR count). The summed E-state index contributed by atoms with van der Waals surface area (Å²) in [6, 6.07) is 15.9. The highest BCUT2D eigenvalue weighted by atomic mass is 32.2. The molecule has 0 aliphatic heterocycles. The van der Waals surface area contributed by atoms with Gasteiger partial charge in [0.15, 0.2) is 6.04 Å². The SMILES string of the molecule is CC(C)Cc1ccc([C@H](Nc2ccc(S(N)(=O)=O)c[nH+]2)c2cccs2)cc1. The summed E-state index contributed by atoms with van der Waals surface area (Å²) in [4.78, 5) is 4.21. The lowest BCUT2D eigenvalue weighted by molar-refractivity contribution is -0.364. The van der Waals surface area contributed by atoms with Gasteiger partial charge in [0.05, 0.1) is 4.88 Å². The van der Waals surface area contributed by atoms with Crippen LogP contribution in [-0.4, -0.2) is 8.42 Å². The molecule has 0 spiro atoms. The first-order valence-electron chi connectivity index (χ1n) is 8.76. The molecule has 4 N–H and O–H groups in total. The fourth-order valence-corrected chi connectivity index (χ4v) is 4.21. The molecule has 0 aliphatic rings. The van der Waals surface area contributed by atoms with E-state index >= 15 is 0 Å². The van der Waals surface area contributed by atoms with Crippen LogP contribution in [0.1, 0.15) is 35.9 Å². The summed E-state index contributed by atoms with van der Waals surface area (Å²) >= 11 is 1.68. The number of aromatic nitrogens is 1. The Morgan fingerprint density at radius 2 is 1.85 bits per heavy atom. The summed E-state index contributed by atoms with van der Waals surface area (Å²) in [6.07, 6.45) is 2.45. The molecule has 0 radical (unpaired) electrons. The second-order valence-corrected chi connectivity index (χ2v) is 9.46. The second-order valence-electron chi connectivity index (χ2n) is 6.92. The topological polar surface area (TPSA) is 86.3 Å². The Labute approximate surface area is 164 Å². The van der Waals surface area contributed by atoms with Gasteiger partial charge in [0, 0.05) is 11.6 Å². The molecule has 1 atom stereocenters. The van der Waals surface area contributed by atoms with E-state index in [1.807, 2.05) is 11.4 Å². The van der Waals surface area contributed by atoms with Crippen molar-refractivity contribution in [3.8, 4) is 0 Å². The number of rotatable bonds is 7. The lowest BCUT2D eigenvalue weighted by Gasteiger charge is -2.14. The second kappa shape index (κ2) is 8.21. The summed E-state index contributed by atoms with van der Waals surface area (Å²) in [6.45, 7) is 4.43. The zero-order chi connectivity index (χ0) is 19.4. The predicted molar refractivity (Wildman–Crippen MR) is 109 cm³/mol. The number of benzene rings is 1. The number of pyridine rings is 1. The van der Waals surface area contributed by atoms with Crippen LogP contribution in [0.3, 0.4) is 0 Å². The molecule has 0 amide bonds. The average Bonchev–Trinajstić information content (AvgIpc) is 3.14. The van der Waals surface area contributed by atoms with Crippen LogP contribution >= 0.6 is 11.3 Å². The van der Waals surface area contributed by atoms with Gasteiger partial charge in [-0.15, -0.1) is 11.3 Å².